The van der Waals surface area contributed by atoms with Gasteiger partial charge in [0.1, 0.15) is 5.76 Å². The van der Waals surface area contributed by atoms with Gasteiger partial charge in [0.05, 0.1) is 10.7 Å². The van der Waals surface area contributed by atoms with Crippen molar-refractivity contribution >= 4 is 23.1 Å². The molecular weight excluding hydrogens is 300 g/mol. The maximum absolute atomic E-state index is 11.8. The highest BCUT2D eigenvalue weighted by Gasteiger charge is 2.09. The van der Waals surface area contributed by atoms with Crippen LogP contribution >= 0.6 is 11.3 Å². The van der Waals surface area contributed by atoms with Gasteiger partial charge in [0.2, 0.25) is 5.91 Å². The number of hydrogen-bond acceptors (Lipinski definition) is 6. The van der Waals surface area contributed by atoms with Gasteiger partial charge in [-0.25, -0.2) is 4.98 Å². The Morgan fingerprint density at radius 1 is 1.45 bits per heavy atom. The van der Waals surface area contributed by atoms with E-state index in [1.807, 2.05) is 17.5 Å². The van der Waals surface area contributed by atoms with Crippen LogP contribution in [0.25, 0.3) is 11.3 Å². The summed E-state index contributed by atoms with van der Waals surface area (Å²) in [6, 6.07) is 5.52. The Balaban J connectivity index is 1.56. The van der Waals surface area contributed by atoms with Crippen LogP contribution in [0.2, 0.25) is 0 Å². The van der Waals surface area contributed by atoms with Gasteiger partial charge in [0.25, 0.3) is 0 Å². The third-order valence-corrected chi connectivity index (χ3v) is 3.88. The lowest BCUT2D eigenvalue weighted by Gasteiger charge is -1.99. The molecule has 3 aromatic rings. The first kappa shape index (κ1) is 14.4. The van der Waals surface area contributed by atoms with Gasteiger partial charge in [-0.1, -0.05) is 5.16 Å². The molecule has 0 aliphatic heterocycles. The third kappa shape index (κ3) is 3.56. The minimum Gasteiger partial charge on any atom is -0.360 e. The fourth-order valence-electron chi connectivity index (χ4n) is 1.92. The maximum atomic E-state index is 11.8. The molecule has 112 valence electrons. The van der Waals surface area contributed by atoms with Gasteiger partial charge in [-0.15, -0.1) is 11.3 Å². The van der Waals surface area contributed by atoms with E-state index >= 15 is 0 Å². The van der Waals surface area contributed by atoms with Crippen LogP contribution < -0.4 is 5.32 Å². The first-order valence-electron chi connectivity index (χ1n) is 6.79. The fraction of sp³-hybridized carbons (Fsp3) is 0.200. The Morgan fingerprint density at radius 2 is 2.36 bits per heavy atom. The van der Waals surface area contributed by atoms with E-state index in [0.29, 0.717) is 24.4 Å². The van der Waals surface area contributed by atoms with Crippen molar-refractivity contribution in [2.24, 2.45) is 0 Å². The topological polar surface area (TPSA) is 80.9 Å². The molecule has 0 bridgehead atoms. The second kappa shape index (κ2) is 6.48. The average Bonchev–Trinajstić information content (AvgIpc) is 3.15. The Labute approximate surface area is 131 Å². The maximum Gasteiger partial charge on any atom is 0.226 e. The molecule has 0 aliphatic rings. The summed E-state index contributed by atoms with van der Waals surface area (Å²) >= 11 is 1.54. The van der Waals surface area contributed by atoms with E-state index in [2.05, 4.69) is 20.4 Å². The highest BCUT2D eigenvalue weighted by Crippen LogP contribution is 2.21. The second-order valence-corrected chi connectivity index (χ2v) is 5.68. The number of nitrogens with one attached hydrogen (secondary N) is 1. The minimum atomic E-state index is -0.105. The summed E-state index contributed by atoms with van der Waals surface area (Å²) in [5.41, 5.74) is 1.87. The summed E-state index contributed by atoms with van der Waals surface area (Å²) in [4.78, 5) is 20.5. The van der Waals surface area contributed by atoms with Crippen LogP contribution in [0.1, 0.15) is 17.2 Å². The van der Waals surface area contributed by atoms with Gasteiger partial charge in [0.15, 0.2) is 5.82 Å². The third-order valence-electron chi connectivity index (χ3n) is 2.97. The Bertz CT molecular complexity index is 767. The highest BCUT2D eigenvalue weighted by molar-refractivity contribution is 7.09. The second-order valence-electron chi connectivity index (χ2n) is 4.74. The lowest BCUT2D eigenvalue weighted by atomic mass is 10.2. The summed E-state index contributed by atoms with van der Waals surface area (Å²) in [5, 5.41) is 9.32. The summed E-state index contributed by atoms with van der Waals surface area (Å²) in [6.07, 6.45) is 4.45. The zero-order valence-corrected chi connectivity index (χ0v) is 12.8. The van der Waals surface area contributed by atoms with Crippen molar-refractivity contribution in [1.82, 2.24) is 15.1 Å². The Morgan fingerprint density at radius 3 is 3.09 bits per heavy atom. The number of anilines is 1. The van der Waals surface area contributed by atoms with Gasteiger partial charge in [-0.2, -0.15) is 0 Å². The van der Waals surface area contributed by atoms with E-state index in [9.17, 15) is 4.79 Å². The lowest BCUT2D eigenvalue weighted by Crippen LogP contribution is -2.12. The van der Waals surface area contributed by atoms with E-state index in [1.165, 1.54) is 0 Å². The average molecular weight is 314 g/mol. The Kier molecular flexibility index (Phi) is 4.24. The number of aromatic nitrogens is 3. The number of amides is 1. The molecule has 1 N–H and O–H groups in total. The van der Waals surface area contributed by atoms with Gasteiger partial charge in [-0.05, 0) is 19.1 Å². The quantitative estimate of drug-likeness (QED) is 0.782. The summed E-state index contributed by atoms with van der Waals surface area (Å²) in [7, 11) is 0. The number of carbonyl (C=O) groups excluding carboxylic acids is 1. The van der Waals surface area contributed by atoms with Crippen molar-refractivity contribution < 1.29 is 9.32 Å². The zero-order valence-electron chi connectivity index (χ0n) is 11.9. The smallest absolute Gasteiger partial charge is 0.226 e. The number of rotatable bonds is 5. The molecule has 0 spiro atoms. The van der Waals surface area contributed by atoms with Gasteiger partial charge in [-0.3, -0.25) is 9.78 Å². The van der Waals surface area contributed by atoms with Crippen molar-refractivity contribution in [3.8, 4) is 11.3 Å². The number of pyridine rings is 1. The van der Waals surface area contributed by atoms with Crippen LogP contribution in [0.15, 0.2) is 40.5 Å². The molecule has 0 radical (unpaired) electrons. The summed E-state index contributed by atoms with van der Waals surface area (Å²) in [5.74, 6) is 1.00. The standard InChI is InChI=1S/C15H14N4O2S/c1-10-7-13(19-21-10)18-14(20)4-5-15-17-12(9-22-15)11-3-2-6-16-8-11/h2-3,6-9H,4-5H2,1H3,(H,18,19,20). The number of hydrogen-bond donors (Lipinski definition) is 1. The molecule has 3 heterocycles. The minimum absolute atomic E-state index is 0.105. The van der Waals surface area contributed by atoms with Gasteiger partial charge < -0.3 is 9.84 Å². The van der Waals surface area contributed by atoms with Gasteiger partial charge in [0, 0.05) is 42.2 Å². The van der Waals surface area contributed by atoms with Crippen LogP contribution in [0, 0.1) is 6.92 Å². The molecule has 3 rings (SSSR count). The molecule has 1 amide bonds. The normalized spacial score (nSPS) is 10.6. The zero-order chi connectivity index (χ0) is 15.4. The van der Waals surface area contributed by atoms with E-state index < -0.39 is 0 Å². The molecular formula is C15H14N4O2S. The number of thiazole rings is 1. The fourth-order valence-corrected chi connectivity index (χ4v) is 2.73. The van der Waals surface area contributed by atoms with E-state index in [0.717, 1.165) is 16.3 Å². The van der Waals surface area contributed by atoms with Crippen molar-refractivity contribution in [3.63, 3.8) is 0 Å². The molecule has 0 saturated carbocycles. The number of aryl methyl sites for hydroxylation is 2. The lowest BCUT2D eigenvalue weighted by molar-refractivity contribution is -0.116. The van der Waals surface area contributed by atoms with Crippen molar-refractivity contribution in [2.75, 3.05) is 5.32 Å². The van der Waals surface area contributed by atoms with Crippen LogP contribution in [0.4, 0.5) is 5.82 Å². The van der Waals surface area contributed by atoms with Gasteiger partial charge >= 0.3 is 0 Å². The highest BCUT2D eigenvalue weighted by atomic mass is 32.1. The first-order valence-corrected chi connectivity index (χ1v) is 7.66. The molecule has 0 aromatic carbocycles. The van der Waals surface area contributed by atoms with Crippen LogP contribution in [-0.2, 0) is 11.2 Å². The Hall–Kier alpha value is -2.54. The van der Waals surface area contributed by atoms with E-state index in [-0.39, 0.29) is 5.91 Å². The first-order chi connectivity index (χ1) is 10.7. The van der Waals surface area contributed by atoms with E-state index in [4.69, 9.17) is 4.52 Å². The van der Waals surface area contributed by atoms with Crippen molar-refractivity contribution in [2.45, 2.75) is 19.8 Å². The summed E-state index contributed by atoms with van der Waals surface area (Å²) < 4.78 is 4.90. The summed E-state index contributed by atoms with van der Waals surface area (Å²) in [6.45, 7) is 1.78. The van der Waals surface area contributed by atoms with Crippen LogP contribution in [0.3, 0.4) is 0 Å². The SMILES string of the molecule is Cc1cc(NC(=O)CCc2nc(-c3cccnc3)cs2)no1. The molecule has 22 heavy (non-hydrogen) atoms. The predicted molar refractivity (Wildman–Crippen MR) is 83.5 cm³/mol. The molecule has 0 atom stereocenters. The van der Waals surface area contributed by atoms with E-state index in [1.54, 1.807) is 36.7 Å². The largest absolute Gasteiger partial charge is 0.360 e. The molecule has 0 saturated heterocycles. The number of carbonyl (C=O) groups is 1. The monoisotopic (exact) mass is 314 g/mol. The van der Waals surface area contributed by atoms with Crippen molar-refractivity contribution in [1.29, 1.82) is 0 Å². The molecule has 6 nitrogen and oxygen atoms in total. The molecule has 0 fully saturated rings. The predicted octanol–water partition coefficient (Wildman–Crippen LogP) is 3.07. The van der Waals surface area contributed by atoms with Crippen LogP contribution in [-0.4, -0.2) is 21.0 Å². The molecule has 0 aliphatic carbocycles. The number of nitrogens with zero attached hydrogens (tertiary/aromatic N) is 3. The molecule has 0 unspecified atom stereocenters. The van der Waals surface area contributed by atoms with Crippen molar-refractivity contribution in [3.05, 3.63) is 46.7 Å². The molecule has 3 aromatic heterocycles. The molecule has 7 heteroatoms. The van der Waals surface area contributed by atoms with Crippen LogP contribution in [0.5, 0.6) is 0 Å².